The normalized spacial score (nSPS) is 18.4. The number of rotatable bonds is 3. The van der Waals surface area contributed by atoms with Gasteiger partial charge in [-0.15, -0.1) is 0 Å². The molecule has 0 bridgehead atoms. The molecule has 0 aromatic carbocycles. The van der Waals surface area contributed by atoms with Gasteiger partial charge in [-0.05, 0) is 26.1 Å². The molecule has 0 saturated carbocycles. The highest BCUT2D eigenvalue weighted by Gasteiger charge is 2.24. The van der Waals surface area contributed by atoms with Gasteiger partial charge < -0.3 is 19.6 Å². The molecule has 0 radical (unpaired) electrons. The first kappa shape index (κ1) is 18.6. The quantitative estimate of drug-likeness (QED) is 0.782. The van der Waals surface area contributed by atoms with Crippen molar-refractivity contribution in [3.63, 3.8) is 0 Å². The SMILES string of the molecule is Cc1cc(N2CCN(C)CC2)nc(N2CCN(C(=O)c3ccncc3)CC2)n1. The predicted molar refractivity (Wildman–Crippen MR) is 109 cm³/mol. The molecule has 2 aromatic rings. The lowest BCUT2D eigenvalue weighted by atomic mass is 10.2. The Kier molecular flexibility index (Phi) is 5.38. The Morgan fingerprint density at radius 3 is 2.21 bits per heavy atom. The monoisotopic (exact) mass is 381 g/mol. The van der Waals surface area contributed by atoms with E-state index in [2.05, 4.69) is 37.8 Å². The number of piperazine rings is 2. The molecule has 2 aliphatic heterocycles. The van der Waals surface area contributed by atoms with Crippen LogP contribution in [0.15, 0.2) is 30.6 Å². The molecule has 8 heteroatoms. The standard InChI is InChI=1S/C20H27N7O/c1-16-15-18(25-9-7-24(2)8-10-25)23-20(22-16)27-13-11-26(12-14-27)19(28)17-3-5-21-6-4-17/h3-6,15H,7-14H2,1-2H3. The number of hydrogen-bond acceptors (Lipinski definition) is 7. The summed E-state index contributed by atoms with van der Waals surface area (Å²) in [6.07, 6.45) is 3.31. The van der Waals surface area contributed by atoms with Crippen LogP contribution in [0.25, 0.3) is 0 Å². The van der Waals surface area contributed by atoms with Gasteiger partial charge in [-0.3, -0.25) is 9.78 Å². The van der Waals surface area contributed by atoms with Gasteiger partial charge in [0.2, 0.25) is 5.95 Å². The molecule has 28 heavy (non-hydrogen) atoms. The molecule has 1 amide bonds. The highest BCUT2D eigenvalue weighted by atomic mass is 16.2. The molecule has 4 rings (SSSR count). The Bertz CT molecular complexity index is 813. The molecule has 0 atom stereocenters. The molecule has 0 spiro atoms. The number of hydrogen-bond donors (Lipinski definition) is 0. The van der Waals surface area contributed by atoms with Gasteiger partial charge in [-0.2, -0.15) is 4.98 Å². The number of carbonyl (C=O) groups excluding carboxylic acids is 1. The van der Waals surface area contributed by atoms with E-state index in [0.717, 1.165) is 56.7 Å². The van der Waals surface area contributed by atoms with Crippen molar-refractivity contribution in [1.82, 2.24) is 24.8 Å². The van der Waals surface area contributed by atoms with Gasteiger partial charge in [0.15, 0.2) is 0 Å². The minimum absolute atomic E-state index is 0.0605. The average Bonchev–Trinajstić information content (AvgIpc) is 2.74. The van der Waals surface area contributed by atoms with Gasteiger partial charge in [0, 0.05) is 82.1 Å². The molecule has 2 fully saturated rings. The largest absolute Gasteiger partial charge is 0.354 e. The van der Waals surface area contributed by atoms with E-state index in [4.69, 9.17) is 4.98 Å². The number of nitrogens with zero attached hydrogens (tertiary/aromatic N) is 7. The Morgan fingerprint density at radius 2 is 1.54 bits per heavy atom. The second kappa shape index (κ2) is 8.10. The van der Waals surface area contributed by atoms with Crippen LogP contribution in [-0.2, 0) is 0 Å². The molecule has 8 nitrogen and oxygen atoms in total. The van der Waals surface area contributed by atoms with Crippen molar-refractivity contribution in [2.45, 2.75) is 6.92 Å². The first-order chi connectivity index (χ1) is 13.6. The number of aryl methyl sites for hydroxylation is 1. The van der Waals surface area contributed by atoms with Crippen molar-refractivity contribution in [2.75, 3.05) is 69.2 Å². The number of amides is 1. The van der Waals surface area contributed by atoms with Gasteiger partial charge in [0.1, 0.15) is 5.82 Å². The first-order valence-electron chi connectivity index (χ1n) is 9.83. The van der Waals surface area contributed by atoms with E-state index >= 15 is 0 Å². The Balaban J connectivity index is 1.42. The summed E-state index contributed by atoms with van der Waals surface area (Å²) >= 11 is 0. The minimum atomic E-state index is 0.0605. The van der Waals surface area contributed by atoms with Crippen LogP contribution in [0.5, 0.6) is 0 Å². The molecule has 2 aliphatic rings. The maximum Gasteiger partial charge on any atom is 0.254 e. The number of aromatic nitrogens is 3. The molecule has 0 unspecified atom stereocenters. The van der Waals surface area contributed by atoms with Crippen molar-refractivity contribution < 1.29 is 4.79 Å². The lowest BCUT2D eigenvalue weighted by molar-refractivity contribution is 0.0746. The molecule has 148 valence electrons. The summed E-state index contributed by atoms with van der Waals surface area (Å²) in [5, 5.41) is 0. The minimum Gasteiger partial charge on any atom is -0.354 e. The Hall–Kier alpha value is -2.74. The van der Waals surface area contributed by atoms with Crippen LogP contribution in [0.4, 0.5) is 11.8 Å². The van der Waals surface area contributed by atoms with E-state index in [9.17, 15) is 4.79 Å². The van der Waals surface area contributed by atoms with E-state index in [0.29, 0.717) is 18.7 Å². The summed E-state index contributed by atoms with van der Waals surface area (Å²) in [5.41, 5.74) is 1.67. The number of pyridine rings is 1. The predicted octanol–water partition coefficient (Wildman–Crippen LogP) is 0.894. The zero-order chi connectivity index (χ0) is 19.5. The Labute approximate surface area is 165 Å². The first-order valence-corrected chi connectivity index (χ1v) is 9.83. The third-order valence-corrected chi connectivity index (χ3v) is 5.43. The van der Waals surface area contributed by atoms with Crippen LogP contribution >= 0.6 is 0 Å². The number of anilines is 2. The summed E-state index contributed by atoms with van der Waals surface area (Å²) in [7, 11) is 2.15. The molecule has 0 aliphatic carbocycles. The topological polar surface area (TPSA) is 68.7 Å². The lowest BCUT2D eigenvalue weighted by Gasteiger charge is -2.36. The highest BCUT2D eigenvalue weighted by molar-refractivity contribution is 5.94. The van der Waals surface area contributed by atoms with E-state index < -0.39 is 0 Å². The molecule has 4 heterocycles. The van der Waals surface area contributed by atoms with Crippen molar-refractivity contribution in [1.29, 1.82) is 0 Å². The van der Waals surface area contributed by atoms with Crippen molar-refractivity contribution in [3.8, 4) is 0 Å². The van der Waals surface area contributed by atoms with E-state index in [1.54, 1.807) is 24.5 Å². The summed E-state index contributed by atoms with van der Waals surface area (Å²) in [6.45, 7) is 8.91. The third-order valence-electron chi connectivity index (χ3n) is 5.43. The van der Waals surface area contributed by atoms with Crippen molar-refractivity contribution in [3.05, 3.63) is 41.9 Å². The van der Waals surface area contributed by atoms with Gasteiger partial charge >= 0.3 is 0 Å². The molecular weight excluding hydrogens is 354 g/mol. The Morgan fingerprint density at radius 1 is 0.893 bits per heavy atom. The fraction of sp³-hybridized carbons (Fsp3) is 0.500. The van der Waals surface area contributed by atoms with E-state index in [1.165, 1.54) is 0 Å². The van der Waals surface area contributed by atoms with Crippen LogP contribution < -0.4 is 9.80 Å². The maximum atomic E-state index is 12.6. The average molecular weight is 381 g/mol. The van der Waals surface area contributed by atoms with Crippen LogP contribution in [0.2, 0.25) is 0 Å². The molecule has 0 N–H and O–H groups in total. The van der Waals surface area contributed by atoms with Gasteiger partial charge in [-0.1, -0.05) is 0 Å². The van der Waals surface area contributed by atoms with E-state index in [1.807, 2.05) is 11.8 Å². The van der Waals surface area contributed by atoms with Crippen LogP contribution in [0.1, 0.15) is 16.1 Å². The summed E-state index contributed by atoms with van der Waals surface area (Å²) in [4.78, 5) is 34.9. The van der Waals surface area contributed by atoms with Crippen molar-refractivity contribution >= 4 is 17.7 Å². The van der Waals surface area contributed by atoms with Crippen LogP contribution in [0.3, 0.4) is 0 Å². The number of likely N-dealkylation sites (N-methyl/N-ethyl adjacent to an activating group) is 1. The summed E-state index contributed by atoms with van der Waals surface area (Å²) < 4.78 is 0. The molecular formula is C20H27N7O. The fourth-order valence-corrected chi connectivity index (χ4v) is 3.66. The second-order valence-electron chi connectivity index (χ2n) is 7.47. The van der Waals surface area contributed by atoms with Crippen molar-refractivity contribution in [2.24, 2.45) is 0 Å². The third kappa shape index (κ3) is 4.06. The number of carbonyl (C=O) groups is 1. The van der Waals surface area contributed by atoms with Gasteiger partial charge in [0.25, 0.3) is 5.91 Å². The maximum absolute atomic E-state index is 12.6. The zero-order valence-electron chi connectivity index (χ0n) is 16.6. The summed E-state index contributed by atoms with van der Waals surface area (Å²) in [6, 6.07) is 5.60. The molecule has 2 saturated heterocycles. The van der Waals surface area contributed by atoms with Crippen LogP contribution in [0, 0.1) is 6.92 Å². The van der Waals surface area contributed by atoms with E-state index in [-0.39, 0.29) is 5.91 Å². The molecule has 2 aromatic heterocycles. The lowest BCUT2D eigenvalue weighted by Crippen LogP contribution is -2.49. The smallest absolute Gasteiger partial charge is 0.254 e. The zero-order valence-corrected chi connectivity index (χ0v) is 16.6. The second-order valence-corrected chi connectivity index (χ2v) is 7.47. The van der Waals surface area contributed by atoms with Gasteiger partial charge in [-0.25, -0.2) is 4.98 Å². The van der Waals surface area contributed by atoms with Crippen LogP contribution in [-0.4, -0.2) is 90.1 Å². The van der Waals surface area contributed by atoms with Gasteiger partial charge in [0.05, 0.1) is 0 Å². The highest BCUT2D eigenvalue weighted by Crippen LogP contribution is 2.20. The fourth-order valence-electron chi connectivity index (χ4n) is 3.66. The summed E-state index contributed by atoms with van der Waals surface area (Å²) in [5.74, 6) is 1.83.